The largest absolute Gasteiger partial charge is 0.383 e. The van der Waals surface area contributed by atoms with Gasteiger partial charge >= 0.3 is 0 Å². The molecule has 1 heterocycles. The summed E-state index contributed by atoms with van der Waals surface area (Å²) in [5.74, 6) is -0.0712. The van der Waals surface area contributed by atoms with Crippen LogP contribution in [0.2, 0.25) is 0 Å². The first-order chi connectivity index (χ1) is 15.8. The fourth-order valence-electron chi connectivity index (χ4n) is 3.60. The summed E-state index contributed by atoms with van der Waals surface area (Å²) in [4.78, 5) is 19.1. The zero-order valence-electron chi connectivity index (χ0n) is 19.3. The van der Waals surface area contributed by atoms with Crippen LogP contribution in [-0.2, 0) is 33.4 Å². The quantitative estimate of drug-likeness (QED) is 0.427. The van der Waals surface area contributed by atoms with Crippen LogP contribution in [0.3, 0.4) is 0 Å². The van der Waals surface area contributed by atoms with Crippen LogP contribution < -0.4 is 0 Å². The molecule has 0 atom stereocenters. The second-order valence-electron chi connectivity index (χ2n) is 8.37. The highest BCUT2D eigenvalue weighted by atomic mass is 32.2. The molecule has 1 aromatic heterocycles. The number of aromatic nitrogens is 2. The molecule has 3 rings (SSSR count). The summed E-state index contributed by atoms with van der Waals surface area (Å²) < 4.78 is 33.4. The minimum Gasteiger partial charge on any atom is -0.383 e. The van der Waals surface area contributed by atoms with Crippen molar-refractivity contribution in [2.45, 2.75) is 37.8 Å². The Bertz CT molecular complexity index is 1140. The van der Waals surface area contributed by atoms with E-state index in [1.54, 1.807) is 47.0 Å². The Hall–Kier alpha value is -2.97. The van der Waals surface area contributed by atoms with Gasteiger partial charge in [0.25, 0.3) is 5.91 Å². The van der Waals surface area contributed by atoms with E-state index < -0.39 is 9.84 Å². The highest BCUT2D eigenvalue weighted by molar-refractivity contribution is 7.90. The molecule has 176 valence electrons. The van der Waals surface area contributed by atoms with E-state index in [0.29, 0.717) is 36.5 Å². The molecule has 2 aromatic carbocycles. The molecule has 0 aliphatic carbocycles. The number of ether oxygens (including phenoxy) is 1. The Kier molecular flexibility index (Phi) is 8.41. The number of carbonyl (C=O) groups excluding carboxylic acids is 1. The summed E-state index contributed by atoms with van der Waals surface area (Å²) >= 11 is 0. The van der Waals surface area contributed by atoms with E-state index in [-0.39, 0.29) is 29.3 Å². The number of sulfone groups is 1. The molecule has 0 bridgehead atoms. The van der Waals surface area contributed by atoms with E-state index in [0.717, 1.165) is 0 Å². The first-order valence-electron chi connectivity index (χ1n) is 11.0. The van der Waals surface area contributed by atoms with Gasteiger partial charge in [-0.15, -0.1) is 0 Å². The van der Waals surface area contributed by atoms with Gasteiger partial charge in [-0.3, -0.25) is 4.79 Å². The number of nitrogens with zero attached hydrogens (tertiary/aromatic N) is 3. The number of benzene rings is 2. The number of hydrogen-bond donors (Lipinski definition) is 0. The lowest BCUT2D eigenvalue weighted by Gasteiger charge is -2.24. The monoisotopic (exact) mass is 469 g/mol. The van der Waals surface area contributed by atoms with E-state index in [4.69, 9.17) is 4.74 Å². The lowest BCUT2D eigenvalue weighted by Crippen LogP contribution is -2.34. The van der Waals surface area contributed by atoms with Crippen molar-refractivity contribution in [1.29, 1.82) is 0 Å². The average Bonchev–Trinajstić information content (AvgIpc) is 3.19. The van der Waals surface area contributed by atoms with Gasteiger partial charge in [-0.1, -0.05) is 62.4 Å². The molecule has 7 nitrogen and oxygen atoms in total. The van der Waals surface area contributed by atoms with Crippen LogP contribution in [0.15, 0.2) is 72.0 Å². The van der Waals surface area contributed by atoms with Gasteiger partial charge in [0.2, 0.25) is 15.0 Å². The van der Waals surface area contributed by atoms with E-state index in [9.17, 15) is 13.2 Å². The third kappa shape index (κ3) is 6.52. The summed E-state index contributed by atoms with van der Waals surface area (Å²) in [5.41, 5.74) is 1.95. The van der Waals surface area contributed by atoms with Gasteiger partial charge in [0.15, 0.2) is 0 Å². The summed E-state index contributed by atoms with van der Waals surface area (Å²) in [7, 11) is -2.08. The van der Waals surface area contributed by atoms with Crippen LogP contribution in [0, 0.1) is 5.92 Å². The van der Waals surface area contributed by atoms with Crippen LogP contribution in [0.5, 0.6) is 0 Å². The van der Waals surface area contributed by atoms with E-state index in [2.05, 4.69) is 4.98 Å². The number of imidazole rings is 1. The first kappa shape index (κ1) is 24.7. The standard InChI is InChI=1S/C25H31N3O4S/c1-20(2)17-28-23(16-26-25(28)33(30,31)19-21-10-6-4-7-11-21)18-27(14-15-32-3)24(29)22-12-8-5-9-13-22/h4-13,16,20H,14-15,17-19H2,1-3H3. The fourth-order valence-corrected chi connectivity index (χ4v) is 5.10. The first-order valence-corrected chi connectivity index (χ1v) is 12.6. The third-order valence-electron chi connectivity index (χ3n) is 5.15. The predicted molar refractivity (Wildman–Crippen MR) is 127 cm³/mol. The highest BCUT2D eigenvalue weighted by Gasteiger charge is 2.26. The Morgan fingerprint density at radius 2 is 1.70 bits per heavy atom. The normalized spacial score (nSPS) is 11.6. The molecule has 8 heteroatoms. The molecule has 0 saturated heterocycles. The van der Waals surface area contributed by atoms with Crippen LogP contribution in [0.25, 0.3) is 0 Å². The van der Waals surface area contributed by atoms with Crippen molar-refractivity contribution in [1.82, 2.24) is 14.5 Å². The number of methoxy groups -OCH3 is 1. The van der Waals surface area contributed by atoms with Crippen molar-refractivity contribution in [2.24, 2.45) is 5.92 Å². The smallest absolute Gasteiger partial charge is 0.254 e. The topological polar surface area (TPSA) is 81.5 Å². The molecule has 0 aliphatic rings. The van der Waals surface area contributed by atoms with E-state index >= 15 is 0 Å². The van der Waals surface area contributed by atoms with Crippen molar-refractivity contribution < 1.29 is 17.9 Å². The van der Waals surface area contributed by atoms with Gasteiger partial charge in [-0.25, -0.2) is 13.4 Å². The lowest BCUT2D eigenvalue weighted by molar-refractivity contribution is 0.0675. The predicted octanol–water partition coefficient (Wildman–Crippen LogP) is 3.80. The van der Waals surface area contributed by atoms with E-state index in [1.807, 2.05) is 50.2 Å². The maximum absolute atomic E-state index is 13.2. The van der Waals surface area contributed by atoms with Gasteiger partial charge in [0, 0.05) is 25.8 Å². The van der Waals surface area contributed by atoms with Crippen LogP contribution >= 0.6 is 0 Å². The van der Waals surface area contributed by atoms with Crippen molar-refractivity contribution in [2.75, 3.05) is 20.3 Å². The number of rotatable bonds is 11. The number of amides is 1. The van der Waals surface area contributed by atoms with Crippen molar-refractivity contribution >= 4 is 15.7 Å². The molecular formula is C25H31N3O4S. The van der Waals surface area contributed by atoms with Gasteiger partial charge in [-0.05, 0) is 23.6 Å². The lowest BCUT2D eigenvalue weighted by atomic mass is 10.2. The number of hydrogen-bond acceptors (Lipinski definition) is 5. The van der Waals surface area contributed by atoms with Gasteiger partial charge in [0.05, 0.1) is 30.8 Å². The maximum Gasteiger partial charge on any atom is 0.254 e. The van der Waals surface area contributed by atoms with Crippen molar-refractivity contribution in [3.8, 4) is 0 Å². The van der Waals surface area contributed by atoms with Crippen LogP contribution in [0.4, 0.5) is 0 Å². The summed E-state index contributed by atoms with van der Waals surface area (Å²) in [6, 6.07) is 18.1. The molecule has 3 aromatic rings. The highest BCUT2D eigenvalue weighted by Crippen LogP contribution is 2.21. The fraction of sp³-hybridized carbons (Fsp3) is 0.360. The zero-order chi connectivity index (χ0) is 23.8. The van der Waals surface area contributed by atoms with Gasteiger partial charge in [-0.2, -0.15) is 0 Å². The summed E-state index contributed by atoms with van der Waals surface area (Å²) in [5, 5.41) is 0.0360. The minimum absolute atomic E-state index is 0.0360. The summed E-state index contributed by atoms with van der Waals surface area (Å²) in [6.45, 7) is 5.51. The molecule has 33 heavy (non-hydrogen) atoms. The SMILES string of the molecule is COCCN(Cc1cnc(S(=O)(=O)Cc2ccccc2)n1CC(C)C)C(=O)c1ccccc1. The average molecular weight is 470 g/mol. The minimum atomic E-state index is -3.67. The van der Waals surface area contributed by atoms with Crippen molar-refractivity contribution in [3.05, 3.63) is 83.7 Å². The molecule has 0 saturated carbocycles. The van der Waals surface area contributed by atoms with Crippen LogP contribution in [-0.4, -0.2) is 49.0 Å². The molecule has 0 fully saturated rings. The second-order valence-corrected chi connectivity index (χ2v) is 10.3. The second kappa shape index (κ2) is 11.2. The van der Waals surface area contributed by atoms with Crippen LogP contribution in [0.1, 0.15) is 35.5 Å². The molecule has 0 spiro atoms. The molecule has 0 aliphatic heterocycles. The molecule has 0 N–H and O–H groups in total. The summed E-state index contributed by atoms with van der Waals surface area (Å²) in [6.07, 6.45) is 1.57. The Morgan fingerprint density at radius 1 is 1.06 bits per heavy atom. The van der Waals surface area contributed by atoms with E-state index in [1.165, 1.54) is 0 Å². The number of carbonyl (C=O) groups is 1. The van der Waals surface area contributed by atoms with Gasteiger partial charge < -0.3 is 14.2 Å². The molecule has 0 unspecified atom stereocenters. The van der Waals surface area contributed by atoms with Crippen molar-refractivity contribution in [3.63, 3.8) is 0 Å². The Labute approximate surface area is 195 Å². The van der Waals surface area contributed by atoms with Gasteiger partial charge in [0.1, 0.15) is 0 Å². The molecule has 0 radical (unpaired) electrons. The zero-order valence-corrected chi connectivity index (χ0v) is 20.2. The Balaban J connectivity index is 1.94. The molecule has 1 amide bonds. The molecular weight excluding hydrogens is 438 g/mol. The Morgan fingerprint density at radius 3 is 2.30 bits per heavy atom. The maximum atomic E-state index is 13.2. The third-order valence-corrected chi connectivity index (χ3v) is 6.75.